The van der Waals surface area contributed by atoms with Crippen LogP contribution in [-0.4, -0.2) is 16.5 Å². The first-order chi connectivity index (χ1) is 13.8. The normalized spacial score (nSPS) is 11.0. The SMILES string of the molecule is Clc1ccccc1COc1ccccc1CNCCc1nc2ccccc2[nH]1. The van der Waals surface area contributed by atoms with Gasteiger partial charge in [0.05, 0.1) is 11.0 Å². The maximum absolute atomic E-state index is 6.22. The van der Waals surface area contributed by atoms with Gasteiger partial charge in [0.15, 0.2) is 0 Å². The number of aromatic nitrogens is 2. The van der Waals surface area contributed by atoms with Crippen molar-refractivity contribution in [1.82, 2.24) is 15.3 Å². The molecular weight excluding hydrogens is 370 g/mol. The Balaban J connectivity index is 1.31. The highest BCUT2D eigenvalue weighted by Gasteiger charge is 2.06. The number of rotatable bonds is 8. The van der Waals surface area contributed by atoms with E-state index in [2.05, 4.69) is 21.4 Å². The van der Waals surface area contributed by atoms with Crippen molar-refractivity contribution >= 4 is 22.6 Å². The first-order valence-corrected chi connectivity index (χ1v) is 9.76. The number of benzene rings is 3. The van der Waals surface area contributed by atoms with Crippen molar-refractivity contribution in [2.45, 2.75) is 19.6 Å². The van der Waals surface area contributed by atoms with Crippen LogP contribution < -0.4 is 10.1 Å². The number of hydrogen-bond donors (Lipinski definition) is 2. The minimum atomic E-state index is 0.454. The van der Waals surface area contributed by atoms with Gasteiger partial charge in [-0.1, -0.05) is 60.1 Å². The molecule has 0 aliphatic rings. The van der Waals surface area contributed by atoms with E-state index in [1.54, 1.807) is 0 Å². The number of nitrogens with zero attached hydrogens (tertiary/aromatic N) is 1. The van der Waals surface area contributed by atoms with Gasteiger partial charge >= 0.3 is 0 Å². The van der Waals surface area contributed by atoms with Crippen LogP contribution in [0.5, 0.6) is 5.75 Å². The minimum Gasteiger partial charge on any atom is -0.489 e. The Kier molecular flexibility index (Phi) is 5.90. The van der Waals surface area contributed by atoms with E-state index in [1.165, 1.54) is 0 Å². The van der Waals surface area contributed by atoms with Crippen LogP contribution in [0, 0.1) is 0 Å². The number of ether oxygens (including phenoxy) is 1. The molecule has 0 unspecified atom stereocenters. The summed E-state index contributed by atoms with van der Waals surface area (Å²) in [7, 11) is 0. The van der Waals surface area contributed by atoms with Crippen molar-refractivity contribution in [2.75, 3.05) is 6.54 Å². The van der Waals surface area contributed by atoms with E-state index in [1.807, 2.05) is 66.7 Å². The third-order valence-corrected chi connectivity index (χ3v) is 4.97. The van der Waals surface area contributed by atoms with Gasteiger partial charge in [0.25, 0.3) is 0 Å². The molecule has 4 aromatic rings. The Morgan fingerprint density at radius 2 is 1.64 bits per heavy atom. The van der Waals surface area contributed by atoms with Crippen molar-refractivity contribution < 1.29 is 4.74 Å². The molecule has 0 atom stereocenters. The molecule has 1 heterocycles. The van der Waals surface area contributed by atoms with Crippen molar-refractivity contribution in [3.63, 3.8) is 0 Å². The van der Waals surface area contributed by atoms with Crippen LogP contribution >= 0.6 is 11.6 Å². The summed E-state index contributed by atoms with van der Waals surface area (Å²) < 4.78 is 6.02. The Labute approximate surface area is 169 Å². The largest absolute Gasteiger partial charge is 0.489 e. The van der Waals surface area contributed by atoms with Gasteiger partial charge in [-0.3, -0.25) is 0 Å². The fourth-order valence-electron chi connectivity index (χ4n) is 3.12. The summed E-state index contributed by atoms with van der Waals surface area (Å²) in [5.41, 5.74) is 4.20. The summed E-state index contributed by atoms with van der Waals surface area (Å²) in [5, 5.41) is 4.20. The van der Waals surface area contributed by atoms with E-state index in [9.17, 15) is 0 Å². The summed E-state index contributed by atoms with van der Waals surface area (Å²) in [5.74, 6) is 1.87. The molecule has 0 bridgehead atoms. The fraction of sp³-hybridized carbons (Fsp3) is 0.174. The predicted molar refractivity (Wildman–Crippen MR) is 114 cm³/mol. The lowest BCUT2D eigenvalue weighted by molar-refractivity contribution is 0.302. The molecule has 4 rings (SSSR count). The van der Waals surface area contributed by atoms with Crippen LogP contribution in [0.1, 0.15) is 17.0 Å². The summed E-state index contributed by atoms with van der Waals surface area (Å²) in [6, 6.07) is 23.9. The van der Waals surface area contributed by atoms with Gasteiger partial charge in [-0.15, -0.1) is 0 Å². The van der Waals surface area contributed by atoms with E-state index in [-0.39, 0.29) is 0 Å². The molecule has 2 N–H and O–H groups in total. The Bertz CT molecular complexity index is 1030. The number of halogens is 1. The number of aromatic amines is 1. The van der Waals surface area contributed by atoms with E-state index >= 15 is 0 Å². The summed E-state index contributed by atoms with van der Waals surface area (Å²) in [6.07, 6.45) is 0.845. The topological polar surface area (TPSA) is 49.9 Å². The van der Waals surface area contributed by atoms with Crippen LogP contribution in [-0.2, 0) is 19.6 Å². The van der Waals surface area contributed by atoms with E-state index < -0.39 is 0 Å². The zero-order chi connectivity index (χ0) is 19.2. The number of nitrogens with one attached hydrogen (secondary N) is 2. The van der Waals surface area contributed by atoms with Crippen LogP contribution in [0.15, 0.2) is 72.8 Å². The van der Waals surface area contributed by atoms with Crippen molar-refractivity contribution in [2.24, 2.45) is 0 Å². The first kappa shape index (κ1) is 18.5. The molecule has 3 aromatic carbocycles. The molecule has 0 spiro atoms. The highest BCUT2D eigenvalue weighted by molar-refractivity contribution is 6.31. The Morgan fingerprint density at radius 1 is 0.893 bits per heavy atom. The van der Waals surface area contributed by atoms with Gasteiger partial charge < -0.3 is 15.0 Å². The van der Waals surface area contributed by atoms with Gasteiger partial charge in [0.1, 0.15) is 18.2 Å². The number of H-pyrrole nitrogens is 1. The molecule has 142 valence electrons. The van der Waals surface area contributed by atoms with Gasteiger partial charge in [-0.2, -0.15) is 0 Å². The molecule has 0 amide bonds. The quantitative estimate of drug-likeness (QED) is 0.409. The molecule has 5 heteroatoms. The van der Waals surface area contributed by atoms with Crippen LogP contribution in [0.2, 0.25) is 5.02 Å². The molecule has 0 fully saturated rings. The standard InChI is InChI=1S/C23H22ClN3O/c24-19-9-3-1-8-18(19)16-28-22-12-6-2-7-17(22)15-25-14-13-23-26-20-10-4-5-11-21(20)27-23/h1-12,25H,13-16H2,(H,26,27). The van der Waals surface area contributed by atoms with Crippen LogP contribution in [0.25, 0.3) is 11.0 Å². The number of fused-ring (bicyclic) bond motifs is 1. The smallest absolute Gasteiger partial charge is 0.124 e. The van der Waals surface area contributed by atoms with E-state index in [0.29, 0.717) is 6.61 Å². The molecular formula is C23H22ClN3O. The average Bonchev–Trinajstić information content (AvgIpc) is 3.14. The molecule has 0 saturated heterocycles. The van der Waals surface area contributed by atoms with Crippen LogP contribution in [0.4, 0.5) is 0 Å². The molecule has 4 nitrogen and oxygen atoms in total. The van der Waals surface area contributed by atoms with Crippen molar-refractivity contribution in [3.05, 3.63) is 94.8 Å². The zero-order valence-corrected chi connectivity index (χ0v) is 16.2. The van der Waals surface area contributed by atoms with E-state index in [0.717, 1.165) is 58.3 Å². The third kappa shape index (κ3) is 4.53. The van der Waals surface area contributed by atoms with Crippen molar-refractivity contribution in [3.8, 4) is 5.75 Å². The summed E-state index contributed by atoms with van der Waals surface area (Å²) in [6.45, 7) is 2.02. The second kappa shape index (κ2) is 8.91. The first-order valence-electron chi connectivity index (χ1n) is 9.38. The molecule has 0 radical (unpaired) electrons. The maximum Gasteiger partial charge on any atom is 0.124 e. The predicted octanol–water partition coefficient (Wildman–Crippen LogP) is 5.13. The minimum absolute atomic E-state index is 0.454. The van der Waals surface area contributed by atoms with Crippen molar-refractivity contribution in [1.29, 1.82) is 0 Å². The molecule has 0 aliphatic carbocycles. The number of para-hydroxylation sites is 3. The highest BCUT2D eigenvalue weighted by atomic mass is 35.5. The fourth-order valence-corrected chi connectivity index (χ4v) is 3.31. The van der Waals surface area contributed by atoms with Crippen LogP contribution in [0.3, 0.4) is 0 Å². The molecule has 0 aliphatic heterocycles. The summed E-state index contributed by atoms with van der Waals surface area (Å²) in [4.78, 5) is 7.97. The lowest BCUT2D eigenvalue weighted by atomic mass is 10.2. The monoisotopic (exact) mass is 391 g/mol. The van der Waals surface area contributed by atoms with E-state index in [4.69, 9.17) is 16.3 Å². The van der Waals surface area contributed by atoms with Gasteiger partial charge in [0, 0.05) is 35.7 Å². The average molecular weight is 392 g/mol. The van der Waals surface area contributed by atoms with Gasteiger partial charge in [0.2, 0.25) is 0 Å². The molecule has 1 aromatic heterocycles. The second-order valence-corrected chi connectivity index (χ2v) is 7.02. The lowest BCUT2D eigenvalue weighted by Crippen LogP contribution is -2.17. The number of hydrogen-bond acceptors (Lipinski definition) is 3. The van der Waals surface area contributed by atoms with Gasteiger partial charge in [-0.05, 0) is 24.3 Å². The number of imidazole rings is 1. The lowest BCUT2D eigenvalue weighted by Gasteiger charge is -2.13. The zero-order valence-electron chi connectivity index (χ0n) is 15.5. The second-order valence-electron chi connectivity index (χ2n) is 6.62. The Hall–Kier alpha value is -2.82. The Morgan fingerprint density at radius 3 is 2.50 bits per heavy atom. The highest BCUT2D eigenvalue weighted by Crippen LogP contribution is 2.22. The molecule has 28 heavy (non-hydrogen) atoms. The maximum atomic E-state index is 6.22. The third-order valence-electron chi connectivity index (χ3n) is 4.61. The summed E-state index contributed by atoms with van der Waals surface area (Å²) >= 11 is 6.22. The molecule has 0 saturated carbocycles. The van der Waals surface area contributed by atoms with Gasteiger partial charge in [-0.25, -0.2) is 4.98 Å².